The third kappa shape index (κ3) is 2.50. The Bertz CT molecular complexity index is 649. The first-order valence-electron chi connectivity index (χ1n) is 6.20. The molecule has 0 aliphatic carbocycles. The molecule has 21 heavy (non-hydrogen) atoms. The molecule has 1 fully saturated rings. The summed E-state index contributed by atoms with van der Waals surface area (Å²) in [5.41, 5.74) is 2.38. The third-order valence-corrected chi connectivity index (χ3v) is 3.18. The minimum Gasteiger partial charge on any atom is -0.391 e. The highest BCUT2D eigenvalue weighted by molar-refractivity contribution is 5.23. The largest absolute Gasteiger partial charge is 0.391 e. The number of anilines is 1. The summed E-state index contributed by atoms with van der Waals surface area (Å²) in [5.74, 6) is 4.78. The van der Waals surface area contributed by atoms with Crippen LogP contribution in [0, 0.1) is 11.8 Å². The normalized spacial score (nSPS) is 33.3. The molecule has 1 aromatic rings. The smallest absolute Gasteiger partial charge is 0.368 e. The zero-order valence-electron chi connectivity index (χ0n) is 11.5. The van der Waals surface area contributed by atoms with Crippen LogP contribution in [-0.4, -0.2) is 54.0 Å². The van der Waals surface area contributed by atoms with Gasteiger partial charge < -0.3 is 25.8 Å². The number of nitrogens with two attached hydrogens (primary N) is 1. The highest BCUT2D eigenvalue weighted by Gasteiger charge is 2.57. The molecule has 1 aromatic heterocycles. The lowest BCUT2D eigenvalue weighted by atomic mass is 9.93. The number of nitrogens with zero attached hydrogens (tertiary/aromatic N) is 3. The molecule has 2 heterocycles. The molecular weight excluding hydrogens is 280 g/mol. The summed E-state index contributed by atoms with van der Waals surface area (Å²) in [5, 5.41) is 34.1. The van der Waals surface area contributed by atoms with Crippen molar-refractivity contribution in [3.63, 3.8) is 0 Å². The van der Waals surface area contributed by atoms with Crippen LogP contribution < -0.4 is 11.4 Å². The second-order valence-electron chi connectivity index (χ2n) is 4.75. The Hall–Kier alpha value is -1.99. The average molecular weight is 296 g/mol. The molecule has 1 aliphatic heterocycles. The van der Waals surface area contributed by atoms with E-state index >= 15 is 0 Å². The van der Waals surface area contributed by atoms with Gasteiger partial charge in [-0.25, -0.2) is 4.79 Å². The number of hydrogen-bond donors (Lipinski definition) is 4. The van der Waals surface area contributed by atoms with Crippen LogP contribution in [0.4, 0.5) is 5.82 Å². The molecule has 5 N–H and O–H groups in total. The molecule has 0 amide bonds. The van der Waals surface area contributed by atoms with E-state index in [0.717, 1.165) is 10.9 Å². The average Bonchev–Trinajstić information content (AvgIpc) is 2.64. The Labute approximate surface area is 120 Å². The predicted molar refractivity (Wildman–Crippen MR) is 70.7 cm³/mol. The van der Waals surface area contributed by atoms with Crippen molar-refractivity contribution >= 4 is 5.82 Å². The van der Waals surface area contributed by atoms with Crippen molar-refractivity contribution in [2.24, 2.45) is 0 Å². The second kappa shape index (κ2) is 5.42. The fourth-order valence-corrected chi connectivity index (χ4v) is 2.20. The SMILES string of the molecule is CC#CC1(O)[C@@H](O)[C@@H]([C@H](C)O)O[C@H]1n1ncc(N)nc1=O. The molecule has 0 aromatic carbocycles. The number of nitrogen functional groups attached to an aromatic ring is 1. The van der Waals surface area contributed by atoms with Crippen LogP contribution in [0.2, 0.25) is 0 Å². The minimum atomic E-state index is -2.11. The van der Waals surface area contributed by atoms with Gasteiger partial charge in [-0.3, -0.25) is 0 Å². The number of ether oxygens (including phenoxy) is 1. The summed E-state index contributed by atoms with van der Waals surface area (Å²) in [6.07, 6.45) is -4.06. The molecule has 114 valence electrons. The lowest BCUT2D eigenvalue weighted by molar-refractivity contribution is -0.0946. The van der Waals surface area contributed by atoms with Gasteiger partial charge in [-0.05, 0) is 13.8 Å². The van der Waals surface area contributed by atoms with Gasteiger partial charge in [-0.2, -0.15) is 14.8 Å². The highest BCUT2D eigenvalue weighted by atomic mass is 16.6. The summed E-state index contributed by atoms with van der Waals surface area (Å²) >= 11 is 0. The molecule has 0 bridgehead atoms. The fraction of sp³-hybridized carbons (Fsp3) is 0.583. The Balaban J connectivity index is 2.54. The monoisotopic (exact) mass is 296 g/mol. The number of aromatic nitrogens is 3. The lowest BCUT2D eigenvalue weighted by Crippen LogP contribution is -2.49. The van der Waals surface area contributed by atoms with Gasteiger partial charge in [-0.15, -0.1) is 5.92 Å². The van der Waals surface area contributed by atoms with E-state index in [4.69, 9.17) is 10.5 Å². The van der Waals surface area contributed by atoms with Gasteiger partial charge in [-0.1, -0.05) is 5.92 Å². The van der Waals surface area contributed by atoms with E-state index in [9.17, 15) is 20.1 Å². The van der Waals surface area contributed by atoms with Crippen molar-refractivity contribution in [2.75, 3.05) is 5.73 Å². The zero-order chi connectivity index (χ0) is 15.8. The van der Waals surface area contributed by atoms with Gasteiger partial charge in [0.15, 0.2) is 6.23 Å². The second-order valence-corrected chi connectivity index (χ2v) is 4.75. The van der Waals surface area contributed by atoms with E-state index in [0.29, 0.717) is 0 Å². The molecule has 1 saturated heterocycles. The van der Waals surface area contributed by atoms with Crippen LogP contribution in [0.25, 0.3) is 0 Å². The number of rotatable bonds is 2. The Morgan fingerprint density at radius 3 is 2.81 bits per heavy atom. The molecule has 0 spiro atoms. The van der Waals surface area contributed by atoms with E-state index in [1.165, 1.54) is 13.8 Å². The molecule has 0 radical (unpaired) electrons. The van der Waals surface area contributed by atoms with Crippen molar-refractivity contribution < 1.29 is 20.1 Å². The molecule has 0 saturated carbocycles. The van der Waals surface area contributed by atoms with E-state index in [2.05, 4.69) is 21.9 Å². The molecule has 2 rings (SSSR count). The Kier molecular flexibility index (Phi) is 3.97. The molecular formula is C12H16N4O5. The number of hydrogen-bond acceptors (Lipinski definition) is 8. The maximum absolute atomic E-state index is 11.8. The molecule has 9 heteroatoms. The van der Waals surface area contributed by atoms with Gasteiger partial charge in [0.05, 0.1) is 12.3 Å². The minimum absolute atomic E-state index is 0.0908. The van der Waals surface area contributed by atoms with Gasteiger partial charge in [0.25, 0.3) is 0 Å². The van der Waals surface area contributed by atoms with Crippen LogP contribution >= 0.6 is 0 Å². The van der Waals surface area contributed by atoms with E-state index < -0.39 is 35.8 Å². The lowest BCUT2D eigenvalue weighted by Gasteiger charge is -2.25. The highest BCUT2D eigenvalue weighted by Crippen LogP contribution is 2.38. The summed E-state index contributed by atoms with van der Waals surface area (Å²) < 4.78 is 6.11. The first-order chi connectivity index (χ1) is 9.81. The Morgan fingerprint density at radius 2 is 2.29 bits per heavy atom. The summed E-state index contributed by atoms with van der Waals surface area (Å²) in [6, 6.07) is 0. The Morgan fingerprint density at radius 1 is 1.62 bits per heavy atom. The number of aliphatic hydroxyl groups excluding tert-OH is 2. The van der Waals surface area contributed by atoms with E-state index in [-0.39, 0.29) is 5.82 Å². The summed E-state index contributed by atoms with van der Waals surface area (Å²) in [6.45, 7) is 2.84. The fourth-order valence-electron chi connectivity index (χ4n) is 2.20. The maximum atomic E-state index is 11.8. The van der Waals surface area contributed by atoms with E-state index in [1.54, 1.807) is 0 Å². The van der Waals surface area contributed by atoms with Crippen molar-refractivity contribution in [1.82, 2.24) is 14.8 Å². The van der Waals surface area contributed by atoms with Gasteiger partial charge in [0.2, 0.25) is 5.60 Å². The standard InChI is InChI=1S/C12H16N4O5/c1-3-4-12(20)9(18)8(6(2)17)21-10(12)16-11(19)15-7(13)5-14-16/h5-6,8-10,17-18,20H,1-2H3,(H2,13,15,19)/t6-,8+,9-,10+,12?/m0/s1. The molecule has 1 aliphatic rings. The molecule has 1 unspecified atom stereocenters. The summed E-state index contributed by atoms with van der Waals surface area (Å²) in [7, 11) is 0. The van der Waals surface area contributed by atoms with Crippen LogP contribution in [-0.2, 0) is 4.74 Å². The van der Waals surface area contributed by atoms with Crippen LogP contribution in [0.3, 0.4) is 0 Å². The third-order valence-electron chi connectivity index (χ3n) is 3.18. The topological polar surface area (TPSA) is 144 Å². The first-order valence-corrected chi connectivity index (χ1v) is 6.20. The van der Waals surface area contributed by atoms with Crippen LogP contribution in [0.5, 0.6) is 0 Å². The van der Waals surface area contributed by atoms with Gasteiger partial charge in [0.1, 0.15) is 18.0 Å². The number of aliphatic hydroxyl groups is 3. The van der Waals surface area contributed by atoms with Crippen molar-refractivity contribution in [1.29, 1.82) is 0 Å². The predicted octanol–water partition coefficient (Wildman–Crippen LogP) is -2.39. The van der Waals surface area contributed by atoms with Crippen molar-refractivity contribution in [3.05, 3.63) is 16.7 Å². The van der Waals surface area contributed by atoms with Gasteiger partial charge >= 0.3 is 5.69 Å². The van der Waals surface area contributed by atoms with E-state index in [1.807, 2.05) is 0 Å². The van der Waals surface area contributed by atoms with Crippen molar-refractivity contribution in [3.8, 4) is 11.8 Å². The van der Waals surface area contributed by atoms with Crippen molar-refractivity contribution in [2.45, 2.75) is 44.0 Å². The quantitative estimate of drug-likeness (QED) is 0.443. The van der Waals surface area contributed by atoms with Gasteiger partial charge in [0, 0.05) is 0 Å². The van der Waals surface area contributed by atoms with Crippen LogP contribution in [0.15, 0.2) is 11.0 Å². The molecule has 9 nitrogen and oxygen atoms in total. The molecule has 5 atom stereocenters. The first kappa shape index (κ1) is 15.4. The summed E-state index contributed by atoms with van der Waals surface area (Å²) in [4.78, 5) is 15.3. The zero-order valence-corrected chi connectivity index (χ0v) is 11.5. The maximum Gasteiger partial charge on any atom is 0.368 e. The van der Waals surface area contributed by atoms with Crippen LogP contribution in [0.1, 0.15) is 20.1 Å².